The van der Waals surface area contributed by atoms with Gasteiger partial charge in [0.2, 0.25) is 5.82 Å². The molecule has 0 bridgehead atoms. The maximum absolute atomic E-state index is 14.7. The quantitative estimate of drug-likeness (QED) is 0.404. The fourth-order valence-corrected chi connectivity index (χ4v) is 4.40. The molecule has 0 aliphatic heterocycles. The van der Waals surface area contributed by atoms with Crippen molar-refractivity contribution in [3.63, 3.8) is 0 Å². The average Bonchev–Trinajstić information content (AvgIpc) is 2.70. The molecule has 2 N–H and O–H groups in total. The molecule has 0 amide bonds. The predicted molar refractivity (Wildman–Crippen MR) is 113 cm³/mol. The molecule has 170 valence electrons. The molecule has 1 atom stereocenters. The van der Waals surface area contributed by atoms with E-state index in [0.717, 1.165) is 24.4 Å². The molecule has 1 aromatic heterocycles. The Morgan fingerprint density at radius 2 is 1.75 bits per heavy atom. The predicted octanol–water partition coefficient (Wildman–Crippen LogP) is 5.92. The molecule has 1 heterocycles. The van der Waals surface area contributed by atoms with E-state index >= 15 is 0 Å². The van der Waals surface area contributed by atoms with Crippen LogP contribution in [0.5, 0.6) is 0 Å². The Hall–Kier alpha value is -2.63. The minimum absolute atomic E-state index is 0.0944. The molecule has 0 spiro atoms. The lowest BCUT2D eigenvalue weighted by Crippen LogP contribution is -2.18. The Bertz CT molecular complexity index is 1260. The zero-order valence-electron chi connectivity index (χ0n) is 16.1. The van der Waals surface area contributed by atoms with Gasteiger partial charge in [0.25, 0.3) is 10.0 Å². The molecule has 3 rings (SSSR count). The number of sulfonamides is 1. The van der Waals surface area contributed by atoms with Gasteiger partial charge >= 0.3 is 6.18 Å². The molecule has 0 aliphatic carbocycles. The molecular formula is C19H14Cl2F4N4O2S. The van der Waals surface area contributed by atoms with Crippen LogP contribution < -0.4 is 10.0 Å². The van der Waals surface area contributed by atoms with Crippen LogP contribution in [0.25, 0.3) is 0 Å². The van der Waals surface area contributed by atoms with E-state index < -0.39 is 44.6 Å². The van der Waals surface area contributed by atoms with Gasteiger partial charge in [0.1, 0.15) is 16.5 Å². The zero-order chi connectivity index (χ0) is 23.7. The Morgan fingerprint density at radius 1 is 1.06 bits per heavy atom. The molecule has 3 aromatic rings. The zero-order valence-corrected chi connectivity index (χ0v) is 18.4. The first-order valence-corrected chi connectivity index (χ1v) is 11.1. The number of anilines is 2. The molecule has 6 nitrogen and oxygen atoms in total. The third-order valence-corrected chi connectivity index (χ3v) is 6.23. The number of nitrogens with zero attached hydrogens (tertiary/aromatic N) is 2. The van der Waals surface area contributed by atoms with E-state index in [1.807, 2.05) is 0 Å². The van der Waals surface area contributed by atoms with Crippen LogP contribution in [-0.2, 0) is 16.2 Å². The highest BCUT2D eigenvalue weighted by atomic mass is 35.5. The molecule has 0 fully saturated rings. The van der Waals surface area contributed by atoms with E-state index in [4.69, 9.17) is 23.2 Å². The van der Waals surface area contributed by atoms with E-state index in [1.165, 1.54) is 0 Å². The van der Waals surface area contributed by atoms with Gasteiger partial charge in [-0.15, -0.1) is 0 Å². The molecule has 32 heavy (non-hydrogen) atoms. The summed E-state index contributed by atoms with van der Waals surface area (Å²) in [5.41, 5.74) is 0.796. The highest BCUT2D eigenvalue weighted by Crippen LogP contribution is 2.33. The Morgan fingerprint density at radius 3 is 2.41 bits per heavy atom. The molecule has 2 aromatic carbocycles. The molecule has 1 unspecified atom stereocenters. The van der Waals surface area contributed by atoms with Crippen molar-refractivity contribution in [1.29, 1.82) is 0 Å². The minimum atomic E-state index is -4.89. The number of halogens is 6. The first kappa shape index (κ1) is 24.0. The van der Waals surface area contributed by atoms with Crippen molar-refractivity contribution in [2.45, 2.75) is 24.0 Å². The normalized spacial score (nSPS) is 13.0. The van der Waals surface area contributed by atoms with Gasteiger partial charge in [-0.3, -0.25) is 4.72 Å². The highest BCUT2D eigenvalue weighted by molar-refractivity contribution is 7.92. The standard InChI is InChI=1S/C19H14Cl2F4N4O2S/c1-10(11-4-2-3-5-12(11)20)27-15-9-14(22)16(8-13(15)21)32(30,31)29-17-6-7-26-18(28-17)19(23,24)25/h2-10,27H,1H3,(H,26,28,29). The fourth-order valence-electron chi connectivity index (χ4n) is 2.73. The van der Waals surface area contributed by atoms with Crippen molar-refractivity contribution in [3.8, 4) is 0 Å². The van der Waals surface area contributed by atoms with Crippen LogP contribution in [0.15, 0.2) is 53.6 Å². The molecule has 0 aliphatic rings. The van der Waals surface area contributed by atoms with Crippen molar-refractivity contribution in [2.75, 3.05) is 10.0 Å². The van der Waals surface area contributed by atoms with E-state index in [9.17, 15) is 26.0 Å². The summed E-state index contributed by atoms with van der Waals surface area (Å²) in [6, 6.07) is 9.14. The topological polar surface area (TPSA) is 84.0 Å². The fraction of sp³-hybridized carbons (Fsp3) is 0.158. The van der Waals surface area contributed by atoms with Crippen molar-refractivity contribution in [1.82, 2.24) is 9.97 Å². The smallest absolute Gasteiger partial charge is 0.377 e. The van der Waals surface area contributed by atoms with Crippen LogP contribution in [0.3, 0.4) is 0 Å². The van der Waals surface area contributed by atoms with Crippen LogP contribution >= 0.6 is 23.2 Å². The van der Waals surface area contributed by atoms with Crippen LogP contribution in [-0.4, -0.2) is 18.4 Å². The number of hydrogen-bond acceptors (Lipinski definition) is 5. The summed E-state index contributed by atoms with van der Waals surface area (Å²) in [7, 11) is -4.65. The van der Waals surface area contributed by atoms with Crippen LogP contribution in [0.4, 0.5) is 29.1 Å². The number of alkyl halides is 3. The van der Waals surface area contributed by atoms with Crippen molar-refractivity contribution in [2.24, 2.45) is 0 Å². The summed E-state index contributed by atoms with van der Waals surface area (Å²) in [6.07, 6.45) is -4.16. The second-order valence-corrected chi connectivity index (χ2v) is 8.98. The van der Waals surface area contributed by atoms with Gasteiger partial charge in [0.05, 0.1) is 16.8 Å². The lowest BCUT2D eigenvalue weighted by Gasteiger charge is -2.19. The first-order chi connectivity index (χ1) is 14.9. The van der Waals surface area contributed by atoms with Gasteiger partial charge in [0.15, 0.2) is 0 Å². The van der Waals surface area contributed by atoms with E-state index in [-0.39, 0.29) is 10.7 Å². The van der Waals surface area contributed by atoms with Gasteiger partial charge in [-0.25, -0.2) is 22.8 Å². The van der Waals surface area contributed by atoms with Crippen LogP contribution in [0.1, 0.15) is 24.4 Å². The molecule has 0 saturated heterocycles. The van der Waals surface area contributed by atoms with E-state index in [2.05, 4.69) is 15.3 Å². The van der Waals surface area contributed by atoms with Gasteiger partial charge in [-0.2, -0.15) is 13.2 Å². The van der Waals surface area contributed by atoms with Gasteiger partial charge in [-0.1, -0.05) is 41.4 Å². The van der Waals surface area contributed by atoms with Crippen LogP contribution in [0, 0.1) is 5.82 Å². The number of aromatic nitrogens is 2. The summed E-state index contributed by atoms with van der Waals surface area (Å²) in [5.74, 6) is -3.41. The number of benzene rings is 2. The van der Waals surface area contributed by atoms with Crippen molar-refractivity contribution < 1.29 is 26.0 Å². The van der Waals surface area contributed by atoms with Crippen LogP contribution in [0.2, 0.25) is 10.0 Å². The number of nitrogens with one attached hydrogen (secondary N) is 2. The van der Waals surface area contributed by atoms with Crippen molar-refractivity contribution >= 4 is 44.7 Å². The van der Waals surface area contributed by atoms with E-state index in [0.29, 0.717) is 10.6 Å². The average molecular weight is 509 g/mol. The number of rotatable bonds is 6. The first-order valence-electron chi connectivity index (χ1n) is 8.81. The summed E-state index contributed by atoms with van der Waals surface area (Å²) in [6.45, 7) is 1.75. The lowest BCUT2D eigenvalue weighted by atomic mass is 10.1. The van der Waals surface area contributed by atoms with Gasteiger partial charge in [0, 0.05) is 11.2 Å². The summed E-state index contributed by atoms with van der Waals surface area (Å²) in [4.78, 5) is 5.26. The van der Waals surface area contributed by atoms with E-state index in [1.54, 1.807) is 35.9 Å². The molecule has 13 heteroatoms. The third-order valence-electron chi connectivity index (χ3n) is 4.20. The van der Waals surface area contributed by atoms with Gasteiger partial charge in [-0.05, 0) is 36.8 Å². The second kappa shape index (κ2) is 9.08. The summed E-state index contributed by atoms with van der Waals surface area (Å²) in [5, 5.41) is 3.28. The summed E-state index contributed by atoms with van der Waals surface area (Å²) < 4.78 is 79.8. The molecular weight excluding hydrogens is 495 g/mol. The largest absolute Gasteiger partial charge is 0.451 e. The molecule has 0 radical (unpaired) electrons. The van der Waals surface area contributed by atoms with Gasteiger partial charge < -0.3 is 5.32 Å². The Kier molecular flexibility index (Phi) is 6.82. The maximum Gasteiger partial charge on any atom is 0.451 e. The monoisotopic (exact) mass is 508 g/mol. The highest BCUT2D eigenvalue weighted by Gasteiger charge is 2.35. The SMILES string of the molecule is CC(Nc1cc(F)c(S(=O)(=O)Nc2ccnc(C(F)(F)F)n2)cc1Cl)c1ccccc1Cl. The minimum Gasteiger partial charge on any atom is -0.377 e. The Balaban J connectivity index is 1.88. The lowest BCUT2D eigenvalue weighted by molar-refractivity contribution is -0.144. The maximum atomic E-state index is 14.7. The van der Waals surface area contributed by atoms with Crippen molar-refractivity contribution in [3.05, 3.63) is 75.9 Å². The Labute approximate surface area is 190 Å². The molecule has 0 saturated carbocycles. The number of hydrogen-bond donors (Lipinski definition) is 2. The third kappa shape index (κ3) is 5.40. The second-order valence-electron chi connectivity index (χ2n) is 6.52. The summed E-state index contributed by atoms with van der Waals surface area (Å²) >= 11 is 12.3.